The molecule has 0 aromatic carbocycles. The van der Waals surface area contributed by atoms with Crippen LogP contribution in [0.25, 0.3) is 0 Å². The Kier molecular flexibility index (Phi) is 7.25. The Bertz CT molecular complexity index is 407. The minimum absolute atomic E-state index is 0.0390. The van der Waals surface area contributed by atoms with E-state index in [1.807, 2.05) is 6.92 Å². The van der Waals surface area contributed by atoms with Crippen molar-refractivity contribution >= 4 is 16.0 Å². The van der Waals surface area contributed by atoms with Gasteiger partial charge in [0.2, 0.25) is 10.0 Å². The Morgan fingerprint density at radius 1 is 1.50 bits per heavy atom. The van der Waals surface area contributed by atoms with E-state index >= 15 is 0 Å². The van der Waals surface area contributed by atoms with Crippen LogP contribution in [-0.2, 0) is 14.8 Å². The summed E-state index contributed by atoms with van der Waals surface area (Å²) in [5, 5.41) is 2.92. The normalized spacial score (nSPS) is 18.6. The molecule has 7 nitrogen and oxygen atoms in total. The van der Waals surface area contributed by atoms with Gasteiger partial charge in [-0.2, -0.15) is 0 Å². The second kappa shape index (κ2) is 8.43. The second-order valence-electron chi connectivity index (χ2n) is 5.23. The van der Waals surface area contributed by atoms with Gasteiger partial charge in [-0.15, -0.1) is 0 Å². The number of sulfonamides is 1. The molecule has 1 aliphatic carbocycles. The highest BCUT2D eigenvalue weighted by atomic mass is 32.2. The van der Waals surface area contributed by atoms with Gasteiger partial charge in [0, 0.05) is 19.7 Å². The van der Waals surface area contributed by atoms with Crippen molar-refractivity contribution in [3.05, 3.63) is 0 Å². The molecule has 4 N–H and O–H groups in total. The molecular formula is C12H26N4O3S. The molecule has 0 radical (unpaired) electrons. The van der Waals surface area contributed by atoms with E-state index in [4.69, 9.17) is 10.5 Å². The highest BCUT2D eigenvalue weighted by molar-refractivity contribution is 7.89. The van der Waals surface area contributed by atoms with Crippen LogP contribution < -0.4 is 15.8 Å². The second-order valence-corrected chi connectivity index (χ2v) is 7.16. The van der Waals surface area contributed by atoms with Crippen molar-refractivity contribution in [3.8, 4) is 0 Å². The monoisotopic (exact) mass is 306 g/mol. The summed E-state index contributed by atoms with van der Waals surface area (Å²) in [4.78, 5) is 4.00. The first-order valence-electron chi connectivity index (χ1n) is 6.95. The van der Waals surface area contributed by atoms with Gasteiger partial charge in [-0.25, -0.2) is 13.1 Å². The van der Waals surface area contributed by atoms with Gasteiger partial charge >= 0.3 is 0 Å². The fourth-order valence-corrected chi connectivity index (χ4v) is 2.86. The van der Waals surface area contributed by atoms with Crippen LogP contribution in [-0.4, -0.2) is 53.0 Å². The van der Waals surface area contributed by atoms with Gasteiger partial charge in [-0.3, -0.25) is 4.99 Å². The van der Waals surface area contributed by atoms with E-state index in [0.717, 1.165) is 12.8 Å². The average Bonchev–Trinajstić information content (AvgIpc) is 2.26. The molecule has 0 aliphatic heterocycles. The zero-order valence-electron chi connectivity index (χ0n) is 12.3. The summed E-state index contributed by atoms with van der Waals surface area (Å²) in [6.45, 7) is 3.11. The first-order chi connectivity index (χ1) is 9.43. The quantitative estimate of drug-likeness (QED) is 0.399. The van der Waals surface area contributed by atoms with Gasteiger partial charge in [0.05, 0.1) is 18.9 Å². The van der Waals surface area contributed by atoms with Crippen LogP contribution >= 0.6 is 0 Å². The molecule has 1 fully saturated rings. The predicted octanol–water partition coefficient (Wildman–Crippen LogP) is -0.355. The number of guanidine groups is 1. The lowest BCUT2D eigenvalue weighted by Gasteiger charge is -2.25. The molecule has 1 aliphatic rings. The van der Waals surface area contributed by atoms with Crippen LogP contribution in [0.1, 0.15) is 26.2 Å². The first kappa shape index (κ1) is 17.2. The zero-order valence-corrected chi connectivity index (χ0v) is 13.1. The number of nitrogens with one attached hydrogen (secondary N) is 2. The Balaban J connectivity index is 2.22. The van der Waals surface area contributed by atoms with E-state index in [-0.39, 0.29) is 24.3 Å². The molecule has 0 saturated heterocycles. The molecule has 1 unspecified atom stereocenters. The van der Waals surface area contributed by atoms with Gasteiger partial charge in [-0.05, 0) is 25.7 Å². The van der Waals surface area contributed by atoms with E-state index < -0.39 is 10.0 Å². The standard InChI is InChI=1S/C12H26N4O3S/c1-10(9-19-2)16-12(13)14-6-7-20(17,18)15-8-11-4-3-5-11/h10-11,15H,3-9H2,1-2H3,(H3,13,14,16). The van der Waals surface area contributed by atoms with Gasteiger partial charge in [0.15, 0.2) is 5.96 Å². The van der Waals surface area contributed by atoms with Gasteiger partial charge < -0.3 is 15.8 Å². The third-order valence-corrected chi connectivity index (χ3v) is 4.60. The average molecular weight is 306 g/mol. The molecule has 0 amide bonds. The summed E-state index contributed by atoms with van der Waals surface area (Å²) in [5.41, 5.74) is 5.66. The Hall–Kier alpha value is -0.860. The number of hydrogen-bond donors (Lipinski definition) is 3. The molecule has 1 atom stereocenters. The van der Waals surface area contributed by atoms with E-state index in [9.17, 15) is 8.42 Å². The predicted molar refractivity (Wildman–Crippen MR) is 80.1 cm³/mol. The van der Waals surface area contributed by atoms with Gasteiger partial charge in [-0.1, -0.05) is 6.42 Å². The number of rotatable bonds is 9. The number of aliphatic imine (C=N–C) groups is 1. The largest absolute Gasteiger partial charge is 0.383 e. The van der Waals surface area contributed by atoms with E-state index in [2.05, 4.69) is 15.0 Å². The molecule has 0 heterocycles. The minimum Gasteiger partial charge on any atom is -0.383 e. The van der Waals surface area contributed by atoms with Crippen molar-refractivity contribution in [1.29, 1.82) is 0 Å². The number of nitrogens with zero attached hydrogens (tertiary/aromatic N) is 1. The van der Waals surface area contributed by atoms with Crippen LogP contribution in [0.4, 0.5) is 0 Å². The SMILES string of the molecule is COCC(C)NC(N)=NCCS(=O)(=O)NCC1CCC1. The lowest BCUT2D eigenvalue weighted by Crippen LogP contribution is -2.41. The Morgan fingerprint density at radius 2 is 2.20 bits per heavy atom. The Labute approximate surface area is 121 Å². The van der Waals surface area contributed by atoms with Crippen LogP contribution in [0.2, 0.25) is 0 Å². The molecule has 118 valence electrons. The summed E-state index contributed by atoms with van der Waals surface area (Å²) < 4.78 is 31.0. The molecule has 0 bridgehead atoms. The number of ether oxygens (including phenoxy) is 1. The molecular weight excluding hydrogens is 280 g/mol. The first-order valence-corrected chi connectivity index (χ1v) is 8.61. The lowest BCUT2D eigenvalue weighted by molar-refractivity contribution is 0.179. The fraction of sp³-hybridized carbons (Fsp3) is 0.917. The molecule has 8 heteroatoms. The van der Waals surface area contributed by atoms with Crippen LogP contribution in [0.5, 0.6) is 0 Å². The number of hydrogen-bond acceptors (Lipinski definition) is 4. The van der Waals surface area contributed by atoms with E-state index in [1.54, 1.807) is 7.11 Å². The number of nitrogens with two attached hydrogens (primary N) is 1. The maximum absolute atomic E-state index is 11.7. The van der Waals surface area contributed by atoms with Crippen LogP contribution in [0.15, 0.2) is 4.99 Å². The van der Waals surface area contributed by atoms with E-state index in [1.165, 1.54) is 6.42 Å². The van der Waals surface area contributed by atoms with Crippen molar-refractivity contribution < 1.29 is 13.2 Å². The van der Waals surface area contributed by atoms with Crippen molar-refractivity contribution in [2.24, 2.45) is 16.6 Å². The highest BCUT2D eigenvalue weighted by Gasteiger charge is 2.19. The molecule has 1 rings (SSSR count). The summed E-state index contributed by atoms with van der Waals surface area (Å²) in [6.07, 6.45) is 3.45. The topological polar surface area (TPSA) is 106 Å². The maximum atomic E-state index is 11.7. The number of methoxy groups -OCH3 is 1. The van der Waals surface area contributed by atoms with Gasteiger partial charge in [0.25, 0.3) is 0 Å². The smallest absolute Gasteiger partial charge is 0.213 e. The lowest BCUT2D eigenvalue weighted by atomic mass is 9.86. The Morgan fingerprint density at radius 3 is 2.75 bits per heavy atom. The van der Waals surface area contributed by atoms with Crippen LogP contribution in [0.3, 0.4) is 0 Å². The molecule has 0 aromatic rings. The summed E-state index contributed by atoms with van der Waals surface area (Å²) in [6, 6.07) is 0.0390. The van der Waals surface area contributed by atoms with Crippen molar-refractivity contribution in [3.63, 3.8) is 0 Å². The third-order valence-electron chi connectivity index (χ3n) is 3.27. The third kappa shape index (κ3) is 7.06. The van der Waals surface area contributed by atoms with Crippen molar-refractivity contribution in [2.75, 3.05) is 32.6 Å². The summed E-state index contributed by atoms with van der Waals surface area (Å²) in [7, 11) is -1.65. The molecule has 0 spiro atoms. The molecule has 0 aromatic heterocycles. The fourth-order valence-electron chi connectivity index (χ4n) is 1.89. The van der Waals surface area contributed by atoms with Gasteiger partial charge in [0.1, 0.15) is 0 Å². The van der Waals surface area contributed by atoms with Crippen molar-refractivity contribution in [2.45, 2.75) is 32.2 Å². The maximum Gasteiger partial charge on any atom is 0.213 e. The summed E-state index contributed by atoms with van der Waals surface area (Å²) >= 11 is 0. The zero-order chi connectivity index (χ0) is 15.0. The molecule has 20 heavy (non-hydrogen) atoms. The molecule has 1 saturated carbocycles. The minimum atomic E-state index is -3.25. The van der Waals surface area contributed by atoms with Crippen LogP contribution in [0, 0.1) is 5.92 Å². The van der Waals surface area contributed by atoms with E-state index in [0.29, 0.717) is 19.1 Å². The highest BCUT2D eigenvalue weighted by Crippen LogP contribution is 2.25. The van der Waals surface area contributed by atoms with Crippen molar-refractivity contribution in [1.82, 2.24) is 10.0 Å². The summed E-state index contributed by atoms with van der Waals surface area (Å²) in [5.74, 6) is 0.708.